The summed E-state index contributed by atoms with van der Waals surface area (Å²) in [5.41, 5.74) is 5.24. The van der Waals surface area contributed by atoms with Crippen LogP contribution in [0.2, 0.25) is 0 Å². The fourth-order valence-corrected chi connectivity index (χ4v) is 5.33. The smallest absolute Gasteiger partial charge is 0.256 e. The number of fused-ring (bicyclic) bond motifs is 1. The molecule has 202 valence electrons. The zero-order valence-corrected chi connectivity index (χ0v) is 23.8. The van der Waals surface area contributed by atoms with E-state index in [-0.39, 0.29) is 24.9 Å². The van der Waals surface area contributed by atoms with Gasteiger partial charge in [-0.05, 0) is 55.4 Å². The van der Waals surface area contributed by atoms with E-state index in [2.05, 4.69) is 41.5 Å². The Kier molecular flexibility index (Phi) is 9.12. The minimum Gasteiger partial charge on any atom is -0.355 e. The maximum atomic E-state index is 13.5. The number of nitrogens with zero attached hydrogens (tertiary/aromatic N) is 5. The van der Waals surface area contributed by atoms with E-state index in [9.17, 15) is 9.59 Å². The van der Waals surface area contributed by atoms with E-state index in [1.54, 1.807) is 5.01 Å². The van der Waals surface area contributed by atoms with Crippen molar-refractivity contribution in [1.29, 1.82) is 0 Å². The molecule has 1 aliphatic rings. The molecule has 3 aromatic rings. The number of hydrogen-bond donors (Lipinski definition) is 1. The molecule has 0 bridgehead atoms. The number of aryl methyl sites for hydroxylation is 2. The molecule has 0 spiro atoms. The summed E-state index contributed by atoms with van der Waals surface area (Å²) < 4.78 is 0. The van der Waals surface area contributed by atoms with Crippen LogP contribution in [-0.2, 0) is 22.7 Å². The van der Waals surface area contributed by atoms with Crippen LogP contribution >= 0.6 is 11.3 Å². The number of nitrogens with one attached hydrogen (secondary N) is 1. The van der Waals surface area contributed by atoms with E-state index in [0.29, 0.717) is 25.6 Å². The molecule has 0 saturated carbocycles. The standard InChI is InChI=1S/C29H38N6O2S/c1-20(2)9-8-14-30-27(36)18-34(26-15-23(13-12-21(26)3)29-32-31-22(4)38-29)19-28(37)33(5)35-16-24-10-6-7-11-25(24)17-35/h6-7,10-13,15,20H,8-9,14,16-19H2,1-5H3,(H,30,36). The topological polar surface area (TPSA) is 81.7 Å². The van der Waals surface area contributed by atoms with E-state index >= 15 is 0 Å². The summed E-state index contributed by atoms with van der Waals surface area (Å²) in [5.74, 6) is 0.444. The van der Waals surface area contributed by atoms with Gasteiger partial charge in [-0.25, -0.2) is 5.01 Å². The number of likely N-dealkylation sites (N-methyl/N-ethyl adjacent to an activating group) is 1. The fraction of sp³-hybridized carbons (Fsp3) is 0.448. The Bertz CT molecular complexity index is 1250. The van der Waals surface area contributed by atoms with Crippen molar-refractivity contribution in [2.75, 3.05) is 31.6 Å². The van der Waals surface area contributed by atoms with Gasteiger partial charge in [0.1, 0.15) is 10.0 Å². The molecule has 2 aromatic carbocycles. The third-order valence-corrected chi connectivity index (χ3v) is 7.76. The molecule has 0 aliphatic carbocycles. The van der Waals surface area contributed by atoms with E-state index in [0.717, 1.165) is 39.7 Å². The number of hydrogen-bond acceptors (Lipinski definition) is 7. The van der Waals surface area contributed by atoms with Crippen LogP contribution in [0.1, 0.15) is 48.4 Å². The van der Waals surface area contributed by atoms with Gasteiger partial charge in [-0.1, -0.05) is 61.6 Å². The van der Waals surface area contributed by atoms with Crippen LogP contribution in [0.3, 0.4) is 0 Å². The third-order valence-electron chi connectivity index (χ3n) is 6.87. The highest BCUT2D eigenvalue weighted by Crippen LogP contribution is 2.30. The van der Waals surface area contributed by atoms with Crippen molar-refractivity contribution in [2.45, 2.75) is 53.6 Å². The molecule has 0 fully saturated rings. The Morgan fingerprint density at radius 3 is 2.39 bits per heavy atom. The van der Waals surface area contributed by atoms with Crippen molar-refractivity contribution in [3.05, 3.63) is 64.2 Å². The second-order valence-electron chi connectivity index (χ2n) is 10.4. The summed E-state index contributed by atoms with van der Waals surface area (Å²) in [7, 11) is 1.81. The summed E-state index contributed by atoms with van der Waals surface area (Å²) in [6.45, 7) is 10.5. The van der Waals surface area contributed by atoms with Crippen LogP contribution < -0.4 is 10.2 Å². The molecule has 9 heteroatoms. The van der Waals surface area contributed by atoms with Gasteiger partial charge in [-0.3, -0.25) is 14.6 Å². The van der Waals surface area contributed by atoms with E-state index in [1.807, 2.05) is 61.1 Å². The Balaban J connectivity index is 1.52. The molecule has 1 aromatic heterocycles. The van der Waals surface area contributed by atoms with Gasteiger partial charge in [0.05, 0.1) is 13.1 Å². The number of carbonyl (C=O) groups is 2. The SMILES string of the molecule is Cc1nnc(-c2ccc(C)c(N(CC(=O)NCCCC(C)C)CC(=O)N(C)N3Cc4ccccc4C3)c2)s1. The summed E-state index contributed by atoms with van der Waals surface area (Å²) in [6, 6.07) is 14.3. The zero-order chi connectivity index (χ0) is 27.2. The van der Waals surface area contributed by atoms with E-state index < -0.39 is 0 Å². The quantitative estimate of drug-likeness (QED) is 0.363. The average molecular weight is 535 g/mol. The first-order valence-corrected chi connectivity index (χ1v) is 14.0. The molecule has 8 nitrogen and oxygen atoms in total. The minimum atomic E-state index is -0.0886. The van der Waals surface area contributed by atoms with Gasteiger partial charge in [0.2, 0.25) is 5.91 Å². The first kappa shape index (κ1) is 27.7. The lowest BCUT2D eigenvalue weighted by molar-refractivity contribution is -0.145. The highest BCUT2D eigenvalue weighted by molar-refractivity contribution is 7.14. The lowest BCUT2D eigenvalue weighted by atomic mass is 10.1. The molecule has 4 rings (SSSR count). The Morgan fingerprint density at radius 2 is 1.76 bits per heavy atom. The summed E-state index contributed by atoms with van der Waals surface area (Å²) >= 11 is 1.52. The van der Waals surface area contributed by atoms with Gasteiger partial charge in [0.25, 0.3) is 5.91 Å². The van der Waals surface area contributed by atoms with Crippen molar-refractivity contribution in [2.24, 2.45) is 5.92 Å². The fourth-order valence-electron chi connectivity index (χ4n) is 4.64. The summed E-state index contributed by atoms with van der Waals surface area (Å²) in [6.07, 6.45) is 2.00. The van der Waals surface area contributed by atoms with E-state index in [1.165, 1.54) is 22.5 Å². The van der Waals surface area contributed by atoms with Gasteiger partial charge in [-0.2, -0.15) is 0 Å². The number of amides is 2. The van der Waals surface area contributed by atoms with Crippen molar-refractivity contribution >= 4 is 28.8 Å². The molecule has 0 atom stereocenters. The van der Waals surface area contributed by atoms with Crippen molar-refractivity contribution in [3.63, 3.8) is 0 Å². The predicted octanol–water partition coefficient (Wildman–Crippen LogP) is 4.57. The summed E-state index contributed by atoms with van der Waals surface area (Å²) in [4.78, 5) is 28.4. The number of benzene rings is 2. The molecule has 0 unspecified atom stereocenters. The minimum absolute atomic E-state index is 0.0676. The average Bonchev–Trinajstić information content (AvgIpc) is 3.52. The molecular weight excluding hydrogens is 496 g/mol. The Hall–Kier alpha value is -3.30. The second-order valence-corrected chi connectivity index (χ2v) is 11.6. The van der Waals surface area contributed by atoms with Crippen LogP contribution in [0.5, 0.6) is 0 Å². The molecule has 1 N–H and O–H groups in total. The molecule has 0 saturated heterocycles. The highest BCUT2D eigenvalue weighted by Gasteiger charge is 2.27. The van der Waals surface area contributed by atoms with Crippen molar-refractivity contribution in [3.8, 4) is 10.6 Å². The van der Waals surface area contributed by atoms with Gasteiger partial charge in [-0.15, -0.1) is 10.2 Å². The number of hydrazine groups is 1. The Morgan fingerprint density at radius 1 is 1.05 bits per heavy atom. The van der Waals surface area contributed by atoms with Gasteiger partial charge in [0.15, 0.2) is 0 Å². The van der Waals surface area contributed by atoms with Crippen molar-refractivity contribution < 1.29 is 9.59 Å². The highest BCUT2D eigenvalue weighted by atomic mass is 32.1. The maximum Gasteiger partial charge on any atom is 0.256 e. The monoisotopic (exact) mass is 534 g/mol. The molecule has 0 radical (unpaired) electrons. The largest absolute Gasteiger partial charge is 0.355 e. The van der Waals surface area contributed by atoms with Crippen LogP contribution in [-0.4, -0.2) is 58.7 Å². The zero-order valence-electron chi connectivity index (χ0n) is 23.0. The Labute approximate surface area is 229 Å². The third kappa shape index (κ3) is 6.96. The molecule has 38 heavy (non-hydrogen) atoms. The molecule has 2 amide bonds. The number of rotatable bonds is 11. The van der Waals surface area contributed by atoms with Crippen molar-refractivity contribution in [1.82, 2.24) is 25.5 Å². The van der Waals surface area contributed by atoms with Crippen LogP contribution in [0.25, 0.3) is 10.6 Å². The first-order chi connectivity index (χ1) is 18.2. The predicted molar refractivity (Wildman–Crippen MR) is 153 cm³/mol. The second kappa shape index (κ2) is 12.5. The lowest BCUT2D eigenvalue weighted by Crippen LogP contribution is -2.48. The maximum absolute atomic E-state index is 13.5. The molecular formula is C29H38N6O2S. The van der Waals surface area contributed by atoms with Gasteiger partial charge < -0.3 is 10.2 Å². The number of anilines is 1. The van der Waals surface area contributed by atoms with E-state index in [4.69, 9.17) is 0 Å². The van der Waals surface area contributed by atoms with Gasteiger partial charge in [0, 0.05) is 37.9 Å². The molecule has 1 aliphatic heterocycles. The first-order valence-electron chi connectivity index (χ1n) is 13.2. The number of carbonyl (C=O) groups excluding carboxylic acids is 2. The van der Waals surface area contributed by atoms with Crippen LogP contribution in [0.15, 0.2) is 42.5 Å². The summed E-state index contributed by atoms with van der Waals surface area (Å²) in [5, 5.41) is 16.9. The lowest BCUT2D eigenvalue weighted by Gasteiger charge is -2.32. The molecule has 2 heterocycles. The van der Waals surface area contributed by atoms with Crippen LogP contribution in [0.4, 0.5) is 5.69 Å². The van der Waals surface area contributed by atoms with Gasteiger partial charge >= 0.3 is 0 Å². The number of aromatic nitrogens is 2. The normalized spacial score (nSPS) is 13.0. The van der Waals surface area contributed by atoms with Crippen LogP contribution in [0, 0.1) is 19.8 Å².